The van der Waals surface area contributed by atoms with Crippen molar-refractivity contribution in [3.8, 4) is 22.3 Å². The van der Waals surface area contributed by atoms with Gasteiger partial charge < -0.3 is 20.2 Å². The molecule has 0 radical (unpaired) electrons. The summed E-state index contributed by atoms with van der Waals surface area (Å²) in [7, 11) is 0. The van der Waals surface area contributed by atoms with Crippen molar-refractivity contribution >= 4 is 5.91 Å². The van der Waals surface area contributed by atoms with Crippen LogP contribution in [0.5, 0.6) is 0 Å². The Labute approximate surface area is 232 Å². The fourth-order valence-electron chi connectivity index (χ4n) is 5.27. The largest absolute Gasteiger partial charge is 0.467 e. The predicted molar refractivity (Wildman–Crippen MR) is 153 cm³/mol. The van der Waals surface area contributed by atoms with Gasteiger partial charge in [-0.3, -0.25) is 4.79 Å². The van der Waals surface area contributed by atoms with E-state index < -0.39 is 23.9 Å². The Morgan fingerprint density at radius 3 is 2.27 bits per heavy atom. The van der Waals surface area contributed by atoms with E-state index in [1.54, 1.807) is 12.3 Å². The number of amides is 1. The van der Waals surface area contributed by atoms with Crippen molar-refractivity contribution in [2.24, 2.45) is 0 Å². The molecule has 5 nitrogen and oxygen atoms in total. The van der Waals surface area contributed by atoms with Crippen LogP contribution in [0.15, 0.2) is 114 Å². The third-order valence-corrected chi connectivity index (χ3v) is 7.36. The van der Waals surface area contributed by atoms with Crippen molar-refractivity contribution in [2.75, 3.05) is 0 Å². The number of nitrogens with one attached hydrogen (secondary N) is 2. The Morgan fingerprint density at radius 2 is 1.55 bits per heavy atom. The Balaban J connectivity index is 1.11. The molecular weight excluding hydrogens is 503 g/mol. The first-order valence-corrected chi connectivity index (χ1v) is 13.3. The zero-order valence-electron chi connectivity index (χ0n) is 21.8. The van der Waals surface area contributed by atoms with Crippen LogP contribution in [0.1, 0.15) is 38.9 Å². The zero-order chi connectivity index (χ0) is 27.5. The van der Waals surface area contributed by atoms with E-state index in [4.69, 9.17) is 4.42 Å². The van der Waals surface area contributed by atoms with Crippen molar-refractivity contribution in [3.63, 3.8) is 0 Å². The molecule has 4 aromatic carbocycles. The first kappa shape index (κ1) is 25.7. The normalized spacial score (nSPS) is 16.1. The molecule has 0 saturated heterocycles. The number of carbonyl (C=O) groups excluding carboxylic acids is 1. The summed E-state index contributed by atoms with van der Waals surface area (Å²) in [5.74, 6) is -0.316. The van der Waals surface area contributed by atoms with E-state index in [1.165, 1.54) is 12.1 Å². The summed E-state index contributed by atoms with van der Waals surface area (Å²) in [4.78, 5) is 13.1. The fourth-order valence-corrected chi connectivity index (χ4v) is 5.27. The zero-order valence-corrected chi connectivity index (χ0v) is 21.8. The monoisotopic (exact) mass is 532 g/mol. The number of hydrogen-bond acceptors (Lipinski definition) is 4. The third-order valence-electron chi connectivity index (χ3n) is 7.36. The fraction of sp³-hybridized carbons (Fsp3) is 0.147. The minimum absolute atomic E-state index is 0.0496. The highest BCUT2D eigenvalue weighted by Gasteiger charge is 2.33. The summed E-state index contributed by atoms with van der Waals surface area (Å²) in [6, 6.07) is 31.5. The highest BCUT2D eigenvalue weighted by atomic mass is 19.1. The second-order valence-electron chi connectivity index (χ2n) is 10.1. The molecule has 1 aromatic heterocycles. The van der Waals surface area contributed by atoms with Gasteiger partial charge in [-0.25, -0.2) is 4.39 Å². The summed E-state index contributed by atoms with van der Waals surface area (Å²) in [6.45, 7) is 1.14. The van der Waals surface area contributed by atoms with Crippen LogP contribution in [-0.4, -0.2) is 17.1 Å². The molecule has 1 aliphatic rings. The number of hydrogen-bond donors (Lipinski definition) is 3. The maximum absolute atomic E-state index is 15.0. The van der Waals surface area contributed by atoms with Gasteiger partial charge in [-0.15, -0.1) is 0 Å². The van der Waals surface area contributed by atoms with Crippen LogP contribution in [0.3, 0.4) is 0 Å². The standard InChI is InChI=1S/C34H29FN2O3/c35-31-17-25(23-7-3-1-4-8-23)13-14-29(31)34(39)37-33-30-15-22(11-12-26(30)18-32(33)38)19-36-20-28-16-27(21-40-28)24-9-5-2-6-10-24/h1-17,21,32-33,36,38H,18-20H2,(H,37,39)/t32-,33-/m1/s1. The molecule has 0 spiro atoms. The minimum atomic E-state index is -0.784. The van der Waals surface area contributed by atoms with E-state index >= 15 is 0 Å². The van der Waals surface area contributed by atoms with Crippen molar-refractivity contribution < 1.29 is 18.7 Å². The van der Waals surface area contributed by atoms with Crippen molar-refractivity contribution in [1.82, 2.24) is 10.6 Å². The lowest BCUT2D eigenvalue weighted by atomic mass is 10.0. The lowest BCUT2D eigenvalue weighted by Crippen LogP contribution is -2.34. The summed E-state index contributed by atoms with van der Waals surface area (Å²) in [5.41, 5.74) is 6.50. The first-order chi connectivity index (χ1) is 19.5. The molecule has 40 heavy (non-hydrogen) atoms. The Kier molecular flexibility index (Phi) is 7.27. The quantitative estimate of drug-likeness (QED) is 0.215. The second-order valence-corrected chi connectivity index (χ2v) is 10.1. The van der Waals surface area contributed by atoms with Gasteiger partial charge >= 0.3 is 0 Å². The van der Waals surface area contributed by atoms with E-state index in [1.807, 2.05) is 84.9 Å². The molecule has 0 unspecified atom stereocenters. The number of furan rings is 1. The van der Waals surface area contributed by atoms with Gasteiger partial charge in [0, 0.05) is 18.5 Å². The Bertz CT molecular complexity index is 1630. The maximum atomic E-state index is 15.0. The van der Waals surface area contributed by atoms with Gasteiger partial charge in [0.15, 0.2) is 0 Å². The van der Waals surface area contributed by atoms with Gasteiger partial charge in [-0.05, 0) is 51.6 Å². The highest BCUT2D eigenvalue weighted by molar-refractivity contribution is 5.95. The number of fused-ring (bicyclic) bond motifs is 1. The number of carbonyl (C=O) groups is 1. The predicted octanol–water partition coefficient (Wildman–Crippen LogP) is 6.43. The van der Waals surface area contributed by atoms with Crippen molar-refractivity contribution in [2.45, 2.75) is 31.7 Å². The molecule has 0 bridgehead atoms. The van der Waals surface area contributed by atoms with Crippen LogP contribution in [0, 0.1) is 5.82 Å². The van der Waals surface area contributed by atoms with Crippen LogP contribution in [0.2, 0.25) is 0 Å². The van der Waals surface area contributed by atoms with Gasteiger partial charge in [-0.2, -0.15) is 0 Å². The SMILES string of the molecule is O=C(N[C@@H]1c2cc(CNCc3cc(-c4ccccc4)co3)ccc2C[C@H]1O)c1ccc(-c2ccccc2)cc1F. The van der Waals surface area contributed by atoms with Gasteiger partial charge in [0.2, 0.25) is 0 Å². The van der Waals surface area contributed by atoms with E-state index in [0.717, 1.165) is 39.1 Å². The Morgan fingerprint density at radius 1 is 0.825 bits per heavy atom. The molecule has 3 N–H and O–H groups in total. The minimum Gasteiger partial charge on any atom is -0.467 e. The van der Waals surface area contributed by atoms with Gasteiger partial charge in [0.1, 0.15) is 11.6 Å². The number of halogens is 1. The number of benzene rings is 4. The summed E-state index contributed by atoms with van der Waals surface area (Å²) >= 11 is 0. The molecule has 1 heterocycles. The van der Waals surface area contributed by atoms with E-state index in [9.17, 15) is 14.3 Å². The van der Waals surface area contributed by atoms with Crippen LogP contribution in [-0.2, 0) is 19.5 Å². The van der Waals surface area contributed by atoms with Gasteiger partial charge in [-0.1, -0.05) is 84.9 Å². The van der Waals surface area contributed by atoms with Crippen molar-refractivity contribution in [3.05, 3.63) is 143 Å². The number of aliphatic hydroxyl groups is 1. The molecule has 0 aliphatic heterocycles. The molecular formula is C34H29FN2O3. The second kappa shape index (κ2) is 11.3. The molecule has 0 saturated carbocycles. The average molecular weight is 533 g/mol. The molecule has 1 aliphatic carbocycles. The topological polar surface area (TPSA) is 74.5 Å². The number of rotatable bonds is 8. The average Bonchev–Trinajstić information content (AvgIpc) is 3.58. The summed E-state index contributed by atoms with van der Waals surface area (Å²) in [5, 5.41) is 17.0. The van der Waals surface area contributed by atoms with Crippen LogP contribution >= 0.6 is 0 Å². The molecule has 1 amide bonds. The molecule has 6 rings (SSSR count). The van der Waals surface area contributed by atoms with E-state index in [-0.39, 0.29) is 5.56 Å². The van der Waals surface area contributed by atoms with Crippen LogP contribution < -0.4 is 10.6 Å². The molecule has 0 fully saturated rings. The van der Waals surface area contributed by atoms with E-state index in [0.29, 0.717) is 25.1 Å². The molecule has 6 heteroatoms. The lowest BCUT2D eigenvalue weighted by molar-refractivity contribution is 0.0854. The molecule has 200 valence electrons. The Hall–Kier alpha value is -4.52. The molecule has 5 aromatic rings. The third kappa shape index (κ3) is 5.45. The van der Waals surface area contributed by atoms with Crippen LogP contribution in [0.4, 0.5) is 4.39 Å². The van der Waals surface area contributed by atoms with Gasteiger partial charge in [0.25, 0.3) is 5.91 Å². The van der Waals surface area contributed by atoms with Crippen molar-refractivity contribution in [1.29, 1.82) is 0 Å². The maximum Gasteiger partial charge on any atom is 0.254 e. The smallest absolute Gasteiger partial charge is 0.254 e. The molecule has 2 atom stereocenters. The summed E-state index contributed by atoms with van der Waals surface area (Å²) < 4.78 is 20.7. The number of aliphatic hydroxyl groups excluding tert-OH is 1. The van der Waals surface area contributed by atoms with Crippen LogP contribution in [0.25, 0.3) is 22.3 Å². The highest BCUT2D eigenvalue weighted by Crippen LogP contribution is 2.33. The van der Waals surface area contributed by atoms with E-state index in [2.05, 4.69) is 10.6 Å². The first-order valence-electron chi connectivity index (χ1n) is 13.3. The van der Waals surface area contributed by atoms with Gasteiger partial charge in [0.05, 0.1) is 30.5 Å². The lowest BCUT2D eigenvalue weighted by Gasteiger charge is -2.19. The summed E-state index contributed by atoms with van der Waals surface area (Å²) in [6.07, 6.45) is 1.40.